The van der Waals surface area contributed by atoms with E-state index in [1.807, 2.05) is 32.0 Å². The van der Waals surface area contributed by atoms with Crippen molar-refractivity contribution in [1.29, 1.82) is 0 Å². The van der Waals surface area contributed by atoms with Gasteiger partial charge in [0.15, 0.2) is 0 Å². The van der Waals surface area contributed by atoms with E-state index in [0.29, 0.717) is 6.54 Å². The molecule has 0 radical (unpaired) electrons. The molecule has 15 heavy (non-hydrogen) atoms. The van der Waals surface area contributed by atoms with Gasteiger partial charge in [-0.25, -0.2) is 0 Å². The van der Waals surface area contributed by atoms with E-state index in [4.69, 9.17) is 15.2 Å². The van der Waals surface area contributed by atoms with Crippen molar-refractivity contribution in [2.45, 2.75) is 19.4 Å². The molecule has 0 bridgehead atoms. The fourth-order valence-corrected chi connectivity index (χ4v) is 1.54. The molecule has 1 rings (SSSR count). The third-order valence-corrected chi connectivity index (χ3v) is 2.77. The molecule has 1 aromatic rings. The first-order valence-electron chi connectivity index (χ1n) is 4.97. The molecule has 1 atom stereocenters. The number of nitrogens with two attached hydrogens (primary N) is 1. The van der Waals surface area contributed by atoms with Crippen LogP contribution in [-0.2, 0) is 10.3 Å². The first-order valence-corrected chi connectivity index (χ1v) is 4.97. The van der Waals surface area contributed by atoms with Gasteiger partial charge in [0.25, 0.3) is 0 Å². The van der Waals surface area contributed by atoms with E-state index in [2.05, 4.69) is 0 Å². The van der Waals surface area contributed by atoms with E-state index in [1.165, 1.54) is 0 Å². The first kappa shape index (κ1) is 12.0. The lowest BCUT2D eigenvalue weighted by molar-refractivity contribution is 0.00821. The van der Waals surface area contributed by atoms with Crippen LogP contribution in [0.3, 0.4) is 0 Å². The van der Waals surface area contributed by atoms with E-state index >= 15 is 0 Å². The molecule has 84 valence electrons. The lowest BCUT2D eigenvalue weighted by Crippen LogP contribution is -2.34. The summed E-state index contributed by atoms with van der Waals surface area (Å²) >= 11 is 0. The summed E-state index contributed by atoms with van der Waals surface area (Å²) < 4.78 is 10.8. The summed E-state index contributed by atoms with van der Waals surface area (Å²) in [6.45, 7) is 4.40. The number of hydrogen-bond donors (Lipinski definition) is 1. The van der Waals surface area contributed by atoms with Crippen LogP contribution in [0.2, 0.25) is 0 Å². The molecule has 0 amide bonds. The highest BCUT2D eigenvalue weighted by atomic mass is 16.5. The quantitative estimate of drug-likeness (QED) is 0.822. The smallest absolute Gasteiger partial charge is 0.125 e. The van der Waals surface area contributed by atoms with E-state index in [9.17, 15) is 0 Å². The Labute approximate surface area is 91.2 Å². The van der Waals surface area contributed by atoms with Gasteiger partial charge in [-0.3, -0.25) is 0 Å². The van der Waals surface area contributed by atoms with Crippen molar-refractivity contribution in [3.63, 3.8) is 0 Å². The van der Waals surface area contributed by atoms with Crippen LogP contribution in [0.15, 0.2) is 18.2 Å². The van der Waals surface area contributed by atoms with Crippen LogP contribution >= 0.6 is 0 Å². The van der Waals surface area contributed by atoms with E-state index in [0.717, 1.165) is 16.9 Å². The van der Waals surface area contributed by atoms with Crippen molar-refractivity contribution >= 4 is 0 Å². The van der Waals surface area contributed by atoms with Crippen LogP contribution in [0, 0.1) is 6.92 Å². The van der Waals surface area contributed by atoms with Gasteiger partial charge in [-0.2, -0.15) is 0 Å². The maximum atomic E-state index is 5.73. The Morgan fingerprint density at radius 1 is 1.33 bits per heavy atom. The highest BCUT2D eigenvalue weighted by molar-refractivity contribution is 5.41. The molecule has 0 heterocycles. The summed E-state index contributed by atoms with van der Waals surface area (Å²) in [6, 6.07) is 6.03. The lowest BCUT2D eigenvalue weighted by atomic mass is 9.94. The Balaban J connectivity index is 3.23. The van der Waals surface area contributed by atoms with E-state index < -0.39 is 5.60 Å². The Hall–Kier alpha value is -1.06. The standard InChI is InChI=1S/C12H19NO2/c1-9-5-6-10(11(7-9)14-3)12(2,8-13)15-4/h5-7H,8,13H2,1-4H3. The number of aryl methyl sites for hydroxylation is 1. The van der Waals surface area contributed by atoms with Gasteiger partial charge in [-0.15, -0.1) is 0 Å². The Morgan fingerprint density at radius 2 is 2.00 bits per heavy atom. The van der Waals surface area contributed by atoms with Crippen molar-refractivity contribution in [1.82, 2.24) is 0 Å². The second-order valence-corrected chi connectivity index (χ2v) is 3.84. The summed E-state index contributed by atoms with van der Waals surface area (Å²) in [6.07, 6.45) is 0. The Bertz CT molecular complexity index is 332. The fraction of sp³-hybridized carbons (Fsp3) is 0.500. The molecule has 1 unspecified atom stereocenters. The second-order valence-electron chi connectivity index (χ2n) is 3.84. The average Bonchev–Trinajstić information content (AvgIpc) is 2.27. The molecule has 3 heteroatoms. The summed E-state index contributed by atoms with van der Waals surface area (Å²) in [4.78, 5) is 0. The molecule has 0 aromatic heterocycles. The number of hydrogen-bond acceptors (Lipinski definition) is 3. The van der Waals surface area contributed by atoms with Crippen LogP contribution in [0.5, 0.6) is 5.75 Å². The summed E-state index contributed by atoms with van der Waals surface area (Å²) in [5.74, 6) is 0.824. The van der Waals surface area contributed by atoms with Gasteiger partial charge < -0.3 is 15.2 Å². The van der Waals surface area contributed by atoms with E-state index in [-0.39, 0.29) is 0 Å². The SMILES string of the molecule is COc1cc(C)ccc1C(C)(CN)OC. The van der Waals surface area contributed by atoms with Gasteiger partial charge in [-0.05, 0) is 25.5 Å². The third kappa shape index (κ3) is 2.30. The normalized spacial score (nSPS) is 14.7. The van der Waals surface area contributed by atoms with Crippen molar-refractivity contribution < 1.29 is 9.47 Å². The number of benzene rings is 1. The minimum atomic E-state index is -0.487. The van der Waals surface area contributed by atoms with Crippen molar-refractivity contribution in [3.8, 4) is 5.75 Å². The molecule has 1 aromatic carbocycles. The number of ether oxygens (including phenoxy) is 2. The van der Waals surface area contributed by atoms with Crippen molar-refractivity contribution in [2.75, 3.05) is 20.8 Å². The average molecular weight is 209 g/mol. The summed E-state index contributed by atoms with van der Waals surface area (Å²) in [5.41, 5.74) is 7.39. The fourth-order valence-electron chi connectivity index (χ4n) is 1.54. The number of methoxy groups -OCH3 is 2. The Morgan fingerprint density at radius 3 is 2.47 bits per heavy atom. The zero-order valence-corrected chi connectivity index (χ0v) is 9.83. The zero-order chi connectivity index (χ0) is 11.5. The van der Waals surface area contributed by atoms with E-state index in [1.54, 1.807) is 14.2 Å². The van der Waals surface area contributed by atoms with Gasteiger partial charge in [0, 0.05) is 19.2 Å². The lowest BCUT2D eigenvalue weighted by Gasteiger charge is -2.28. The van der Waals surface area contributed by atoms with Gasteiger partial charge in [0.1, 0.15) is 11.4 Å². The van der Waals surface area contributed by atoms with Gasteiger partial charge >= 0.3 is 0 Å². The highest BCUT2D eigenvalue weighted by Crippen LogP contribution is 2.32. The van der Waals surface area contributed by atoms with Crippen LogP contribution < -0.4 is 10.5 Å². The molecule has 0 aliphatic carbocycles. The predicted octanol–water partition coefficient (Wildman–Crippen LogP) is 1.82. The molecular formula is C12H19NO2. The van der Waals surface area contributed by atoms with Gasteiger partial charge in [0.2, 0.25) is 0 Å². The monoisotopic (exact) mass is 209 g/mol. The van der Waals surface area contributed by atoms with Crippen molar-refractivity contribution in [3.05, 3.63) is 29.3 Å². The molecule has 0 spiro atoms. The minimum Gasteiger partial charge on any atom is -0.496 e. The first-order chi connectivity index (χ1) is 7.07. The van der Waals surface area contributed by atoms with Crippen molar-refractivity contribution in [2.24, 2.45) is 5.73 Å². The van der Waals surface area contributed by atoms with Gasteiger partial charge in [0.05, 0.1) is 7.11 Å². The molecular weight excluding hydrogens is 190 g/mol. The maximum absolute atomic E-state index is 5.73. The number of rotatable bonds is 4. The molecule has 2 N–H and O–H groups in total. The maximum Gasteiger partial charge on any atom is 0.125 e. The van der Waals surface area contributed by atoms with Crippen LogP contribution in [0.25, 0.3) is 0 Å². The Kier molecular flexibility index (Phi) is 3.72. The zero-order valence-electron chi connectivity index (χ0n) is 9.83. The third-order valence-electron chi connectivity index (χ3n) is 2.77. The van der Waals surface area contributed by atoms with Crippen LogP contribution in [-0.4, -0.2) is 20.8 Å². The largest absolute Gasteiger partial charge is 0.496 e. The minimum absolute atomic E-state index is 0.420. The second kappa shape index (κ2) is 4.64. The molecule has 0 aliphatic rings. The van der Waals surface area contributed by atoms with Crippen LogP contribution in [0.4, 0.5) is 0 Å². The van der Waals surface area contributed by atoms with Crippen LogP contribution in [0.1, 0.15) is 18.1 Å². The predicted molar refractivity (Wildman–Crippen MR) is 61.1 cm³/mol. The topological polar surface area (TPSA) is 44.5 Å². The molecule has 0 fully saturated rings. The summed E-state index contributed by atoms with van der Waals surface area (Å²) in [7, 11) is 3.32. The molecule has 0 saturated carbocycles. The molecule has 0 saturated heterocycles. The molecule has 0 aliphatic heterocycles. The highest BCUT2D eigenvalue weighted by Gasteiger charge is 2.27. The van der Waals surface area contributed by atoms with Gasteiger partial charge in [-0.1, -0.05) is 12.1 Å². The summed E-state index contributed by atoms with van der Waals surface area (Å²) in [5, 5.41) is 0. The molecule has 3 nitrogen and oxygen atoms in total.